The number of hydrogen-bond donors (Lipinski definition) is 2. The number of carboxylic acid groups (broad SMARTS) is 1. The molecule has 1 aliphatic rings. The first-order chi connectivity index (χ1) is 9.54. The second-order valence-corrected chi connectivity index (χ2v) is 5.03. The van der Waals surface area contributed by atoms with Crippen molar-refractivity contribution in [2.45, 2.75) is 6.42 Å². The average molecular weight is 274 g/mol. The molecule has 0 aliphatic carbocycles. The highest BCUT2D eigenvalue weighted by Gasteiger charge is 2.25. The van der Waals surface area contributed by atoms with Crippen molar-refractivity contribution in [1.29, 1.82) is 0 Å². The summed E-state index contributed by atoms with van der Waals surface area (Å²) in [4.78, 5) is 24.6. The van der Waals surface area contributed by atoms with Crippen molar-refractivity contribution >= 4 is 23.6 Å². The van der Waals surface area contributed by atoms with E-state index >= 15 is 0 Å². The largest absolute Gasteiger partial charge is 0.478 e. The van der Waals surface area contributed by atoms with Crippen LogP contribution in [0.25, 0.3) is 6.08 Å². The van der Waals surface area contributed by atoms with Crippen LogP contribution in [0.3, 0.4) is 0 Å². The Morgan fingerprint density at radius 1 is 1.35 bits per heavy atom. The lowest BCUT2D eigenvalue weighted by Gasteiger charge is -2.11. The summed E-state index contributed by atoms with van der Waals surface area (Å²) in [5.74, 6) is -0.887. The van der Waals surface area contributed by atoms with Gasteiger partial charge in [-0.3, -0.25) is 4.79 Å². The van der Waals surface area contributed by atoms with Gasteiger partial charge in [0.05, 0.1) is 5.92 Å². The van der Waals surface area contributed by atoms with Gasteiger partial charge in [0.2, 0.25) is 5.91 Å². The summed E-state index contributed by atoms with van der Waals surface area (Å²) in [5, 5.41) is 11.4. The van der Waals surface area contributed by atoms with E-state index in [1.165, 1.54) is 6.08 Å². The van der Waals surface area contributed by atoms with Gasteiger partial charge in [-0.2, -0.15) is 0 Å². The molecule has 1 aliphatic heterocycles. The topological polar surface area (TPSA) is 69.6 Å². The molecule has 1 amide bonds. The summed E-state index contributed by atoms with van der Waals surface area (Å²) in [6, 6.07) is 7.10. The molecule has 1 saturated heterocycles. The molecule has 5 nitrogen and oxygen atoms in total. The Morgan fingerprint density at radius 2 is 2.05 bits per heavy atom. The number of likely N-dealkylation sites (tertiary alicyclic amines) is 1. The first-order valence-corrected chi connectivity index (χ1v) is 6.55. The lowest BCUT2D eigenvalue weighted by molar-refractivity contribution is -0.131. The fourth-order valence-corrected chi connectivity index (χ4v) is 2.24. The molecule has 1 heterocycles. The fourth-order valence-electron chi connectivity index (χ4n) is 2.24. The molecule has 1 unspecified atom stereocenters. The summed E-state index contributed by atoms with van der Waals surface area (Å²) in [5.41, 5.74) is 1.52. The van der Waals surface area contributed by atoms with Crippen LogP contribution in [0, 0.1) is 5.92 Å². The van der Waals surface area contributed by atoms with Gasteiger partial charge in [0.25, 0.3) is 0 Å². The molecular formula is C15H18N2O3. The lowest BCUT2D eigenvalue weighted by atomic mass is 10.1. The minimum atomic E-state index is -0.979. The zero-order valence-corrected chi connectivity index (χ0v) is 11.4. The van der Waals surface area contributed by atoms with Gasteiger partial charge in [-0.25, -0.2) is 4.79 Å². The molecule has 0 saturated carbocycles. The van der Waals surface area contributed by atoms with E-state index in [1.807, 2.05) is 7.05 Å². The second-order valence-electron chi connectivity index (χ2n) is 5.03. The van der Waals surface area contributed by atoms with Crippen LogP contribution in [0.2, 0.25) is 0 Å². The van der Waals surface area contributed by atoms with E-state index in [0.717, 1.165) is 36.8 Å². The van der Waals surface area contributed by atoms with Crippen molar-refractivity contribution in [2.24, 2.45) is 5.92 Å². The highest BCUT2D eigenvalue weighted by atomic mass is 16.4. The van der Waals surface area contributed by atoms with E-state index in [-0.39, 0.29) is 11.8 Å². The molecule has 0 spiro atoms. The first-order valence-electron chi connectivity index (χ1n) is 6.55. The molecule has 1 aromatic carbocycles. The summed E-state index contributed by atoms with van der Waals surface area (Å²) in [7, 11) is 2.01. The van der Waals surface area contributed by atoms with Gasteiger partial charge in [0, 0.05) is 18.3 Å². The predicted molar refractivity (Wildman–Crippen MR) is 77.3 cm³/mol. The molecule has 106 valence electrons. The van der Waals surface area contributed by atoms with Crippen molar-refractivity contribution in [1.82, 2.24) is 4.90 Å². The number of benzene rings is 1. The molecule has 0 bridgehead atoms. The quantitative estimate of drug-likeness (QED) is 0.819. The van der Waals surface area contributed by atoms with E-state index in [9.17, 15) is 9.59 Å². The molecule has 2 rings (SSSR count). The highest BCUT2D eigenvalue weighted by molar-refractivity contribution is 5.93. The zero-order chi connectivity index (χ0) is 14.5. The maximum absolute atomic E-state index is 12.0. The smallest absolute Gasteiger partial charge is 0.328 e. The SMILES string of the molecule is CN1CCC(C(=O)Nc2ccc(/C=C/C(=O)O)cc2)C1. The molecule has 5 heteroatoms. The number of carboxylic acids is 1. The fraction of sp³-hybridized carbons (Fsp3) is 0.333. The van der Waals surface area contributed by atoms with Gasteiger partial charge >= 0.3 is 5.97 Å². The Balaban J connectivity index is 1.93. The van der Waals surface area contributed by atoms with E-state index in [1.54, 1.807) is 24.3 Å². The lowest BCUT2D eigenvalue weighted by Crippen LogP contribution is -2.25. The highest BCUT2D eigenvalue weighted by Crippen LogP contribution is 2.17. The van der Waals surface area contributed by atoms with Crippen LogP contribution in [0.5, 0.6) is 0 Å². The van der Waals surface area contributed by atoms with Crippen LogP contribution < -0.4 is 5.32 Å². The molecule has 0 radical (unpaired) electrons. The van der Waals surface area contributed by atoms with Gasteiger partial charge in [-0.05, 0) is 43.8 Å². The van der Waals surface area contributed by atoms with Crippen LogP contribution in [0.1, 0.15) is 12.0 Å². The van der Waals surface area contributed by atoms with E-state index < -0.39 is 5.97 Å². The van der Waals surface area contributed by atoms with Crippen LogP contribution in [0.4, 0.5) is 5.69 Å². The second kappa shape index (κ2) is 6.34. The Bertz CT molecular complexity index is 522. The Hall–Kier alpha value is -2.14. The van der Waals surface area contributed by atoms with Crippen LogP contribution in [-0.4, -0.2) is 42.0 Å². The molecule has 1 atom stereocenters. The number of nitrogens with zero attached hydrogens (tertiary/aromatic N) is 1. The van der Waals surface area contributed by atoms with Crippen molar-refractivity contribution in [3.63, 3.8) is 0 Å². The van der Waals surface area contributed by atoms with Crippen molar-refractivity contribution in [2.75, 3.05) is 25.5 Å². The maximum Gasteiger partial charge on any atom is 0.328 e. The van der Waals surface area contributed by atoms with Gasteiger partial charge in [-0.1, -0.05) is 12.1 Å². The van der Waals surface area contributed by atoms with Gasteiger partial charge in [0.1, 0.15) is 0 Å². The average Bonchev–Trinajstić information content (AvgIpc) is 2.85. The van der Waals surface area contributed by atoms with Crippen LogP contribution in [-0.2, 0) is 9.59 Å². The standard InChI is InChI=1S/C15H18N2O3/c1-17-9-8-12(10-17)15(20)16-13-5-2-11(3-6-13)4-7-14(18)19/h2-7,12H,8-10H2,1H3,(H,16,20)(H,18,19)/b7-4+. The third-order valence-electron chi connectivity index (χ3n) is 3.36. The van der Waals surface area contributed by atoms with E-state index in [2.05, 4.69) is 10.2 Å². The minimum absolute atomic E-state index is 0.0446. The van der Waals surface area contributed by atoms with Gasteiger partial charge in [-0.15, -0.1) is 0 Å². The first kappa shape index (κ1) is 14.3. The number of anilines is 1. The van der Waals surface area contributed by atoms with Crippen molar-refractivity contribution < 1.29 is 14.7 Å². The maximum atomic E-state index is 12.0. The zero-order valence-electron chi connectivity index (χ0n) is 11.4. The Kier molecular flexibility index (Phi) is 4.53. The van der Waals surface area contributed by atoms with Gasteiger partial charge < -0.3 is 15.3 Å². The Morgan fingerprint density at radius 3 is 2.60 bits per heavy atom. The summed E-state index contributed by atoms with van der Waals surface area (Å²) in [6.45, 7) is 1.75. The number of carbonyl (C=O) groups is 2. The van der Waals surface area contributed by atoms with Crippen LogP contribution in [0.15, 0.2) is 30.3 Å². The number of hydrogen-bond acceptors (Lipinski definition) is 3. The third kappa shape index (κ3) is 3.93. The monoisotopic (exact) mass is 274 g/mol. The number of nitrogens with one attached hydrogen (secondary N) is 1. The van der Waals surface area contributed by atoms with Crippen LogP contribution >= 0.6 is 0 Å². The predicted octanol–water partition coefficient (Wildman–Crippen LogP) is 1.67. The third-order valence-corrected chi connectivity index (χ3v) is 3.36. The number of amides is 1. The van der Waals surface area contributed by atoms with Crippen molar-refractivity contribution in [3.05, 3.63) is 35.9 Å². The van der Waals surface area contributed by atoms with E-state index in [4.69, 9.17) is 5.11 Å². The minimum Gasteiger partial charge on any atom is -0.478 e. The molecule has 1 fully saturated rings. The molecule has 20 heavy (non-hydrogen) atoms. The number of aliphatic carboxylic acids is 1. The summed E-state index contributed by atoms with van der Waals surface area (Å²) < 4.78 is 0. The molecule has 1 aromatic rings. The summed E-state index contributed by atoms with van der Waals surface area (Å²) >= 11 is 0. The number of carbonyl (C=O) groups excluding carboxylic acids is 1. The molecule has 2 N–H and O–H groups in total. The normalized spacial score (nSPS) is 19.4. The Labute approximate surface area is 117 Å². The molecular weight excluding hydrogens is 256 g/mol. The van der Waals surface area contributed by atoms with Gasteiger partial charge in [0.15, 0.2) is 0 Å². The molecule has 0 aromatic heterocycles. The summed E-state index contributed by atoms with van der Waals surface area (Å²) in [6.07, 6.45) is 3.49. The van der Waals surface area contributed by atoms with Crippen molar-refractivity contribution in [3.8, 4) is 0 Å². The van der Waals surface area contributed by atoms with E-state index in [0.29, 0.717) is 0 Å². The number of rotatable bonds is 4.